The maximum atomic E-state index is 11.6. The van der Waals surface area contributed by atoms with Crippen LogP contribution in [-0.2, 0) is 9.59 Å². The Morgan fingerprint density at radius 3 is 2.31 bits per heavy atom. The van der Waals surface area contributed by atoms with Crippen LogP contribution < -0.4 is 10.0 Å². The van der Waals surface area contributed by atoms with Gasteiger partial charge in [0.25, 0.3) is 0 Å². The largest absolute Gasteiger partial charge is 0.481 e. The van der Waals surface area contributed by atoms with Crippen LogP contribution in [0.15, 0.2) is 0 Å². The standard InChI is InChI=1S/C9H17IN2O3S/c1-9(2,3)11-7(13)4-6(12-16-10)5-8(14)15/h6,12H,4-5H2,1-3H3,(H,11,13)(H,14,15)/t6-/m1/s1. The average molecular weight is 360 g/mol. The minimum Gasteiger partial charge on any atom is -0.481 e. The predicted molar refractivity (Wildman–Crippen MR) is 73.3 cm³/mol. The van der Waals surface area contributed by atoms with Crippen LogP contribution in [0.25, 0.3) is 0 Å². The SMILES string of the molecule is CC(C)(C)NC(=O)C[C@H](CC(=O)O)NSI. The van der Waals surface area contributed by atoms with Gasteiger partial charge in [0.1, 0.15) is 0 Å². The molecule has 1 amide bonds. The zero-order valence-corrected chi connectivity index (χ0v) is 12.5. The molecule has 16 heavy (non-hydrogen) atoms. The fourth-order valence-corrected chi connectivity index (χ4v) is 2.49. The van der Waals surface area contributed by atoms with Crippen molar-refractivity contribution in [3.63, 3.8) is 0 Å². The molecule has 0 radical (unpaired) electrons. The molecule has 0 aliphatic rings. The number of carbonyl (C=O) groups is 2. The van der Waals surface area contributed by atoms with E-state index in [2.05, 4.69) is 10.0 Å². The second-order valence-electron chi connectivity index (χ2n) is 4.49. The van der Waals surface area contributed by atoms with Crippen molar-refractivity contribution in [2.75, 3.05) is 0 Å². The van der Waals surface area contributed by atoms with Crippen LogP contribution in [-0.4, -0.2) is 28.6 Å². The number of amides is 1. The van der Waals surface area contributed by atoms with E-state index in [1.807, 2.05) is 42.0 Å². The van der Waals surface area contributed by atoms with E-state index in [4.69, 9.17) is 5.11 Å². The lowest BCUT2D eigenvalue weighted by Crippen LogP contribution is -2.43. The van der Waals surface area contributed by atoms with Crippen LogP contribution in [0.2, 0.25) is 0 Å². The summed E-state index contributed by atoms with van der Waals surface area (Å²) in [7, 11) is 1.29. The molecular weight excluding hydrogens is 343 g/mol. The molecular formula is C9H17IN2O3S. The first kappa shape index (κ1) is 16.0. The number of carboxylic acid groups (broad SMARTS) is 1. The van der Waals surface area contributed by atoms with Gasteiger partial charge in [-0.15, -0.1) is 0 Å². The highest BCUT2D eigenvalue weighted by atomic mass is 127. The molecule has 0 aromatic rings. The van der Waals surface area contributed by atoms with Crippen molar-refractivity contribution in [1.29, 1.82) is 0 Å². The highest BCUT2D eigenvalue weighted by Crippen LogP contribution is 2.11. The number of aliphatic carboxylic acids is 1. The summed E-state index contributed by atoms with van der Waals surface area (Å²) in [5, 5.41) is 11.5. The Balaban J connectivity index is 4.17. The van der Waals surface area contributed by atoms with Gasteiger partial charge < -0.3 is 10.4 Å². The van der Waals surface area contributed by atoms with Gasteiger partial charge in [-0.2, -0.15) is 0 Å². The molecule has 0 aromatic carbocycles. The quantitative estimate of drug-likeness (QED) is 0.497. The Bertz CT molecular complexity index is 256. The molecule has 0 unspecified atom stereocenters. The number of hydrogen-bond donors (Lipinski definition) is 3. The molecule has 3 N–H and O–H groups in total. The lowest BCUT2D eigenvalue weighted by atomic mass is 10.1. The second kappa shape index (κ2) is 7.33. The summed E-state index contributed by atoms with van der Waals surface area (Å²) in [5.74, 6) is -1.05. The monoisotopic (exact) mass is 360 g/mol. The van der Waals surface area contributed by atoms with E-state index in [0.29, 0.717) is 0 Å². The van der Waals surface area contributed by atoms with E-state index in [0.717, 1.165) is 0 Å². The van der Waals surface area contributed by atoms with E-state index in [-0.39, 0.29) is 30.3 Å². The molecule has 0 saturated carbocycles. The summed E-state index contributed by atoms with van der Waals surface area (Å²) < 4.78 is 2.89. The number of carboxylic acids is 1. The molecule has 94 valence electrons. The summed E-state index contributed by atoms with van der Waals surface area (Å²) in [5.41, 5.74) is -0.289. The molecule has 0 rings (SSSR count). The van der Waals surface area contributed by atoms with Gasteiger partial charge in [-0.05, 0) is 29.9 Å². The molecule has 0 aliphatic heterocycles. The van der Waals surface area contributed by atoms with Crippen LogP contribution in [0, 0.1) is 0 Å². The Kier molecular flexibility index (Phi) is 7.32. The Morgan fingerprint density at radius 2 is 1.94 bits per heavy atom. The fraction of sp³-hybridized carbons (Fsp3) is 0.778. The first-order chi connectivity index (χ1) is 7.24. The van der Waals surface area contributed by atoms with Gasteiger partial charge in [-0.3, -0.25) is 14.3 Å². The van der Waals surface area contributed by atoms with Gasteiger partial charge in [0, 0.05) is 39.2 Å². The zero-order valence-electron chi connectivity index (χ0n) is 9.54. The van der Waals surface area contributed by atoms with Gasteiger partial charge in [0.05, 0.1) is 6.42 Å². The van der Waals surface area contributed by atoms with Crippen LogP contribution in [0.3, 0.4) is 0 Å². The summed E-state index contributed by atoms with van der Waals surface area (Å²) in [6.45, 7) is 5.66. The van der Waals surface area contributed by atoms with Crippen molar-refractivity contribution in [1.82, 2.24) is 10.0 Å². The van der Waals surface area contributed by atoms with E-state index in [9.17, 15) is 9.59 Å². The van der Waals surface area contributed by atoms with Crippen LogP contribution in [0.4, 0.5) is 0 Å². The Hall–Kier alpha value is -0.0200. The fourth-order valence-electron chi connectivity index (χ4n) is 1.12. The third-order valence-corrected chi connectivity index (χ3v) is 2.76. The van der Waals surface area contributed by atoms with Gasteiger partial charge in [0.2, 0.25) is 5.91 Å². The second-order valence-corrected chi connectivity index (χ2v) is 6.20. The summed E-state index contributed by atoms with van der Waals surface area (Å²) in [6, 6.07) is -0.346. The summed E-state index contributed by atoms with van der Waals surface area (Å²) in [4.78, 5) is 22.1. The molecule has 5 nitrogen and oxygen atoms in total. The van der Waals surface area contributed by atoms with E-state index in [1.54, 1.807) is 0 Å². The topological polar surface area (TPSA) is 78.4 Å². The van der Waals surface area contributed by atoms with Gasteiger partial charge in [-0.25, -0.2) is 0 Å². The minimum atomic E-state index is -0.911. The molecule has 7 heteroatoms. The third-order valence-electron chi connectivity index (χ3n) is 1.58. The molecule has 1 atom stereocenters. The third kappa shape index (κ3) is 9.22. The highest BCUT2D eigenvalue weighted by Gasteiger charge is 2.20. The van der Waals surface area contributed by atoms with Crippen LogP contribution in [0.5, 0.6) is 0 Å². The van der Waals surface area contributed by atoms with Gasteiger partial charge >= 0.3 is 5.97 Å². The van der Waals surface area contributed by atoms with Crippen molar-refractivity contribution in [2.24, 2.45) is 0 Å². The first-order valence-electron chi connectivity index (χ1n) is 4.80. The molecule has 0 heterocycles. The summed E-state index contributed by atoms with van der Waals surface area (Å²) >= 11 is 2.01. The highest BCUT2D eigenvalue weighted by molar-refractivity contribution is 14.2. The van der Waals surface area contributed by atoms with Crippen molar-refractivity contribution >= 4 is 42.2 Å². The van der Waals surface area contributed by atoms with Crippen LogP contribution >= 0.6 is 30.3 Å². The first-order valence-corrected chi connectivity index (χ1v) is 8.16. The molecule has 0 aromatic heterocycles. The van der Waals surface area contributed by atoms with Crippen molar-refractivity contribution in [3.8, 4) is 0 Å². The van der Waals surface area contributed by atoms with E-state index >= 15 is 0 Å². The molecule has 0 bridgehead atoms. The maximum Gasteiger partial charge on any atom is 0.304 e. The van der Waals surface area contributed by atoms with Gasteiger partial charge in [0.15, 0.2) is 0 Å². The number of rotatable bonds is 6. The molecule has 0 spiro atoms. The number of halogens is 1. The van der Waals surface area contributed by atoms with Gasteiger partial charge in [-0.1, -0.05) is 0 Å². The van der Waals surface area contributed by atoms with Crippen molar-refractivity contribution in [3.05, 3.63) is 0 Å². The van der Waals surface area contributed by atoms with Crippen molar-refractivity contribution < 1.29 is 14.7 Å². The number of carbonyl (C=O) groups excluding carboxylic acids is 1. The Labute approximate surface area is 112 Å². The average Bonchev–Trinajstić information content (AvgIpc) is 1.98. The summed E-state index contributed by atoms with van der Waals surface area (Å²) in [6.07, 6.45) is 0.104. The zero-order chi connectivity index (χ0) is 12.8. The molecule has 0 aliphatic carbocycles. The normalized spacial score (nSPS) is 13.2. The van der Waals surface area contributed by atoms with E-state index in [1.165, 1.54) is 9.12 Å². The Morgan fingerprint density at radius 1 is 1.38 bits per heavy atom. The molecule has 0 saturated heterocycles. The number of nitrogens with one attached hydrogen (secondary N) is 2. The minimum absolute atomic E-state index is 0.0619. The van der Waals surface area contributed by atoms with Crippen molar-refractivity contribution in [2.45, 2.75) is 45.2 Å². The maximum absolute atomic E-state index is 11.6. The molecule has 0 fully saturated rings. The van der Waals surface area contributed by atoms with Crippen LogP contribution in [0.1, 0.15) is 33.6 Å². The predicted octanol–water partition coefficient (Wildman–Crippen LogP) is 1.72. The van der Waals surface area contributed by atoms with E-state index < -0.39 is 5.97 Å². The smallest absolute Gasteiger partial charge is 0.304 e. The lowest BCUT2D eigenvalue weighted by Gasteiger charge is -2.22. The lowest BCUT2D eigenvalue weighted by molar-refractivity contribution is -0.137. The number of hydrogen-bond acceptors (Lipinski definition) is 4.